The molecule has 0 heterocycles. The van der Waals surface area contributed by atoms with Gasteiger partial charge < -0.3 is 20.3 Å². The van der Waals surface area contributed by atoms with Gasteiger partial charge in [-0.05, 0) is 37.5 Å². The molecule has 0 radical (unpaired) electrons. The quantitative estimate of drug-likeness (QED) is 0.737. The van der Waals surface area contributed by atoms with Crippen molar-refractivity contribution in [3.63, 3.8) is 0 Å². The van der Waals surface area contributed by atoms with Gasteiger partial charge in [-0.3, -0.25) is 4.79 Å². The fourth-order valence-electron chi connectivity index (χ4n) is 2.60. The Morgan fingerprint density at radius 2 is 2.09 bits per heavy atom. The Bertz CT molecular complexity index is 523. The van der Waals surface area contributed by atoms with Crippen molar-refractivity contribution in [3.8, 4) is 5.75 Å². The molecule has 0 unspecified atom stereocenters. The van der Waals surface area contributed by atoms with Crippen LogP contribution >= 0.6 is 11.6 Å². The Labute approximate surface area is 135 Å². The van der Waals surface area contributed by atoms with Crippen LogP contribution in [0, 0.1) is 6.92 Å². The molecule has 6 heteroatoms. The van der Waals surface area contributed by atoms with Crippen LogP contribution in [0.5, 0.6) is 5.75 Å². The molecule has 0 bridgehead atoms. The minimum atomic E-state index is -0.936. The summed E-state index contributed by atoms with van der Waals surface area (Å²) in [4.78, 5) is 12.0. The molecule has 2 rings (SSSR count). The molecule has 0 aliphatic heterocycles. The highest BCUT2D eigenvalue weighted by Gasteiger charge is 2.29. The first kappa shape index (κ1) is 17.1. The molecule has 1 amide bonds. The Hall–Kier alpha value is -1.30. The number of aryl methyl sites for hydroxylation is 1. The zero-order chi connectivity index (χ0) is 16.1. The van der Waals surface area contributed by atoms with Crippen LogP contribution < -0.4 is 10.1 Å². The van der Waals surface area contributed by atoms with Crippen LogP contribution in [0.3, 0.4) is 0 Å². The van der Waals surface area contributed by atoms with Gasteiger partial charge in [0.1, 0.15) is 5.75 Å². The Kier molecular flexibility index (Phi) is 6.06. The molecule has 0 saturated heterocycles. The number of amides is 1. The molecule has 1 saturated carbocycles. The Morgan fingerprint density at radius 3 is 2.86 bits per heavy atom. The monoisotopic (exact) mass is 327 g/mol. The molecule has 3 N–H and O–H groups in total. The van der Waals surface area contributed by atoms with Crippen LogP contribution in [-0.4, -0.2) is 41.0 Å². The van der Waals surface area contributed by atoms with E-state index < -0.39 is 18.2 Å². The normalized spacial score (nSPS) is 25.4. The molecular weight excluding hydrogens is 306 g/mol. The molecule has 1 aliphatic rings. The predicted octanol–water partition coefficient (Wildman–Crippen LogP) is 1.81. The lowest BCUT2D eigenvalue weighted by molar-refractivity contribution is -0.125. The smallest absolute Gasteiger partial charge is 0.258 e. The van der Waals surface area contributed by atoms with Crippen LogP contribution in [0.1, 0.15) is 31.2 Å². The molecular formula is C16H22ClNO4. The summed E-state index contributed by atoms with van der Waals surface area (Å²) in [6, 6.07) is 4.90. The number of benzene rings is 1. The third-order valence-electron chi connectivity index (χ3n) is 3.86. The number of nitrogens with one attached hydrogen (secondary N) is 1. The number of ether oxygens (including phenoxy) is 1. The van der Waals surface area contributed by atoms with E-state index in [1.807, 2.05) is 13.0 Å². The van der Waals surface area contributed by atoms with Crippen molar-refractivity contribution in [1.29, 1.82) is 0 Å². The number of carbonyl (C=O) groups is 1. The summed E-state index contributed by atoms with van der Waals surface area (Å²) in [7, 11) is 0. The summed E-state index contributed by atoms with van der Waals surface area (Å²) in [6.45, 7) is 1.73. The molecule has 1 aromatic carbocycles. The Balaban J connectivity index is 1.88. The lowest BCUT2D eigenvalue weighted by Crippen LogP contribution is -2.48. The van der Waals surface area contributed by atoms with Gasteiger partial charge in [-0.2, -0.15) is 0 Å². The topological polar surface area (TPSA) is 78.8 Å². The van der Waals surface area contributed by atoms with Crippen molar-refractivity contribution in [2.45, 2.75) is 50.9 Å². The minimum absolute atomic E-state index is 0.178. The molecule has 5 nitrogen and oxygen atoms in total. The zero-order valence-electron chi connectivity index (χ0n) is 12.6. The van der Waals surface area contributed by atoms with Crippen molar-refractivity contribution in [2.24, 2.45) is 0 Å². The van der Waals surface area contributed by atoms with E-state index in [0.29, 0.717) is 23.6 Å². The third kappa shape index (κ3) is 4.60. The first-order valence-corrected chi connectivity index (χ1v) is 7.89. The average Bonchev–Trinajstić information content (AvgIpc) is 2.64. The minimum Gasteiger partial charge on any atom is -0.482 e. The second kappa shape index (κ2) is 7.81. The maximum absolute atomic E-state index is 12.0. The number of hydrogen-bond acceptors (Lipinski definition) is 4. The highest BCUT2D eigenvalue weighted by atomic mass is 35.5. The van der Waals surface area contributed by atoms with Gasteiger partial charge in [0, 0.05) is 0 Å². The van der Waals surface area contributed by atoms with Gasteiger partial charge in [0.15, 0.2) is 6.61 Å². The van der Waals surface area contributed by atoms with Gasteiger partial charge in [-0.15, -0.1) is 0 Å². The molecule has 122 valence electrons. The van der Waals surface area contributed by atoms with Crippen molar-refractivity contribution < 1.29 is 19.7 Å². The van der Waals surface area contributed by atoms with E-state index in [1.54, 1.807) is 12.1 Å². The van der Waals surface area contributed by atoms with E-state index in [2.05, 4.69) is 5.32 Å². The summed E-state index contributed by atoms with van der Waals surface area (Å²) in [5, 5.41) is 22.9. The van der Waals surface area contributed by atoms with Crippen LogP contribution in [0.25, 0.3) is 0 Å². The lowest BCUT2D eigenvalue weighted by Gasteiger charge is -2.24. The SMILES string of the molecule is Cc1ccc(Cl)c(OCC(=O)N[C@@H]2CCCC[C@@H](O)[C@@H]2O)c1. The maximum Gasteiger partial charge on any atom is 0.258 e. The van der Waals surface area contributed by atoms with Crippen molar-refractivity contribution in [2.75, 3.05) is 6.61 Å². The first-order valence-electron chi connectivity index (χ1n) is 7.52. The van der Waals surface area contributed by atoms with E-state index in [1.165, 1.54) is 0 Å². The summed E-state index contributed by atoms with van der Waals surface area (Å²) in [5.74, 6) is 0.119. The molecule has 3 atom stereocenters. The van der Waals surface area contributed by atoms with Gasteiger partial charge >= 0.3 is 0 Å². The second-order valence-corrected chi connectivity index (χ2v) is 6.15. The van der Waals surface area contributed by atoms with Crippen LogP contribution in [0.15, 0.2) is 18.2 Å². The summed E-state index contributed by atoms with van der Waals surface area (Å²) in [5.41, 5.74) is 0.988. The van der Waals surface area contributed by atoms with Gasteiger partial charge in [0.25, 0.3) is 5.91 Å². The highest BCUT2D eigenvalue weighted by molar-refractivity contribution is 6.32. The molecule has 1 aromatic rings. The molecule has 0 aromatic heterocycles. The largest absolute Gasteiger partial charge is 0.482 e. The van der Waals surface area contributed by atoms with Gasteiger partial charge in [0.2, 0.25) is 0 Å². The van der Waals surface area contributed by atoms with E-state index in [4.69, 9.17) is 16.3 Å². The Morgan fingerprint density at radius 1 is 1.36 bits per heavy atom. The first-order chi connectivity index (χ1) is 10.5. The number of hydrogen-bond donors (Lipinski definition) is 3. The van der Waals surface area contributed by atoms with Gasteiger partial charge in [0.05, 0.1) is 23.3 Å². The highest BCUT2D eigenvalue weighted by Crippen LogP contribution is 2.25. The van der Waals surface area contributed by atoms with E-state index in [9.17, 15) is 15.0 Å². The molecule has 22 heavy (non-hydrogen) atoms. The molecule has 1 aliphatic carbocycles. The van der Waals surface area contributed by atoms with Gasteiger partial charge in [-0.25, -0.2) is 0 Å². The summed E-state index contributed by atoms with van der Waals surface area (Å²) >= 11 is 6.01. The molecule has 1 fully saturated rings. The predicted molar refractivity (Wildman–Crippen MR) is 84.1 cm³/mol. The number of carbonyl (C=O) groups excluding carboxylic acids is 1. The number of aliphatic hydroxyl groups is 2. The second-order valence-electron chi connectivity index (χ2n) is 5.74. The number of aliphatic hydroxyl groups excluding tert-OH is 2. The summed E-state index contributed by atoms with van der Waals surface area (Å²) in [6.07, 6.45) is 1.19. The van der Waals surface area contributed by atoms with Gasteiger partial charge in [-0.1, -0.05) is 30.5 Å². The van der Waals surface area contributed by atoms with Crippen LogP contribution in [0.4, 0.5) is 0 Å². The fraction of sp³-hybridized carbons (Fsp3) is 0.562. The van der Waals surface area contributed by atoms with Crippen LogP contribution in [0.2, 0.25) is 5.02 Å². The number of rotatable bonds is 4. The lowest BCUT2D eigenvalue weighted by atomic mass is 10.0. The fourth-order valence-corrected chi connectivity index (χ4v) is 2.77. The molecule has 0 spiro atoms. The third-order valence-corrected chi connectivity index (χ3v) is 4.18. The standard InChI is InChI=1S/C16H22ClNO4/c1-10-6-7-11(17)14(8-10)22-9-15(20)18-12-4-2-3-5-13(19)16(12)21/h6-8,12-13,16,19,21H,2-5,9H2,1H3,(H,18,20)/t12-,13-,16-/m1/s1. The average molecular weight is 328 g/mol. The van der Waals surface area contributed by atoms with Crippen molar-refractivity contribution in [3.05, 3.63) is 28.8 Å². The van der Waals surface area contributed by atoms with Crippen LogP contribution in [-0.2, 0) is 4.79 Å². The van der Waals surface area contributed by atoms with E-state index in [-0.39, 0.29) is 12.5 Å². The van der Waals surface area contributed by atoms with E-state index in [0.717, 1.165) is 18.4 Å². The van der Waals surface area contributed by atoms with Crippen molar-refractivity contribution in [1.82, 2.24) is 5.32 Å². The zero-order valence-corrected chi connectivity index (χ0v) is 13.3. The maximum atomic E-state index is 12.0. The van der Waals surface area contributed by atoms with E-state index >= 15 is 0 Å². The summed E-state index contributed by atoms with van der Waals surface area (Å²) < 4.78 is 5.43. The number of halogens is 1. The van der Waals surface area contributed by atoms with Crippen molar-refractivity contribution >= 4 is 17.5 Å².